The highest BCUT2D eigenvalue weighted by atomic mass is 16.3. The number of fused-ring (bicyclic) bond motifs is 2. The number of hydrogen-bond donors (Lipinski definition) is 2. The monoisotopic (exact) mass is 358 g/mol. The summed E-state index contributed by atoms with van der Waals surface area (Å²) in [6.45, 7) is 0. The Morgan fingerprint density at radius 2 is 2.15 bits per heavy atom. The summed E-state index contributed by atoms with van der Waals surface area (Å²) < 4.78 is 4.92. The van der Waals surface area contributed by atoms with Gasteiger partial charge in [0, 0.05) is 12.3 Å². The molecule has 4 atom stereocenters. The van der Waals surface area contributed by atoms with Gasteiger partial charge in [-0.2, -0.15) is 5.10 Å². The van der Waals surface area contributed by atoms with Crippen LogP contribution in [-0.2, 0) is 9.59 Å². The van der Waals surface area contributed by atoms with E-state index in [4.69, 9.17) is 4.42 Å². The quantitative estimate of drug-likeness (QED) is 0.470. The predicted octanol–water partition coefficient (Wildman–Crippen LogP) is 0.878. The largest absolute Gasteiger partial charge is 0.459 e. The van der Waals surface area contributed by atoms with E-state index in [2.05, 4.69) is 15.8 Å². The summed E-state index contributed by atoms with van der Waals surface area (Å²) in [7, 11) is 0. The first-order valence-electron chi connectivity index (χ1n) is 8.59. The molecule has 0 unspecified atom stereocenters. The fourth-order valence-electron chi connectivity index (χ4n) is 4.21. The molecule has 9 nitrogen and oxygen atoms in total. The molecule has 2 aliphatic carbocycles. The van der Waals surface area contributed by atoms with Gasteiger partial charge in [0.15, 0.2) is 11.7 Å². The van der Waals surface area contributed by atoms with Crippen LogP contribution in [0.25, 0.3) is 0 Å². The second-order valence-corrected chi connectivity index (χ2v) is 6.92. The molecule has 3 fully saturated rings. The summed E-state index contributed by atoms with van der Waals surface area (Å²) in [5, 5.41) is 5.90. The Hall–Kier alpha value is -2.97. The van der Waals surface area contributed by atoms with Gasteiger partial charge in [-0.25, -0.2) is 10.2 Å². The van der Waals surface area contributed by atoms with E-state index in [0.717, 1.165) is 31.9 Å². The van der Waals surface area contributed by atoms with E-state index in [1.807, 2.05) is 0 Å². The van der Waals surface area contributed by atoms with Crippen LogP contribution in [0.15, 0.2) is 27.9 Å². The number of amides is 5. The van der Waals surface area contributed by atoms with Gasteiger partial charge in [-0.3, -0.25) is 24.6 Å². The Labute approximate surface area is 148 Å². The second kappa shape index (κ2) is 6.40. The third-order valence-electron chi connectivity index (χ3n) is 5.40. The van der Waals surface area contributed by atoms with Gasteiger partial charge in [-0.1, -0.05) is 6.42 Å². The summed E-state index contributed by atoms with van der Waals surface area (Å²) in [5.41, 5.74) is 2.20. The fraction of sp³-hybridized carbons (Fsp3) is 0.471. The highest BCUT2D eigenvalue weighted by Gasteiger charge is 2.50. The SMILES string of the molecule is O=C(N/N=C\[C@@H]1C(=O)NC(=O)N([C@@H]2C[C@H]3CC[C@H]2C3)C1=O)c1ccco1. The molecule has 3 aliphatic rings. The smallest absolute Gasteiger partial charge is 0.331 e. The molecule has 1 saturated heterocycles. The van der Waals surface area contributed by atoms with E-state index in [9.17, 15) is 19.2 Å². The van der Waals surface area contributed by atoms with Crippen molar-refractivity contribution in [2.24, 2.45) is 22.9 Å². The number of nitrogens with zero attached hydrogens (tertiary/aromatic N) is 2. The van der Waals surface area contributed by atoms with Gasteiger partial charge < -0.3 is 4.42 Å². The summed E-state index contributed by atoms with van der Waals surface area (Å²) in [4.78, 5) is 49.9. The van der Waals surface area contributed by atoms with Gasteiger partial charge in [0.1, 0.15) is 0 Å². The third-order valence-corrected chi connectivity index (χ3v) is 5.40. The number of carbonyl (C=O) groups is 4. The average molecular weight is 358 g/mol. The van der Waals surface area contributed by atoms with Gasteiger partial charge in [-0.15, -0.1) is 0 Å². The van der Waals surface area contributed by atoms with Gasteiger partial charge in [-0.05, 0) is 43.2 Å². The van der Waals surface area contributed by atoms with Gasteiger partial charge >= 0.3 is 11.9 Å². The van der Waals surface area contributed by atoms with Crippen LogP contribution in [0.1, 0.15) is 36.2 Å². The Morgan fingerprint density at radius 1 is 1.31 bits per heavy atom. The van der Waals surface area contributed by atoms with E-state index in [1.54, 1.807) is 6.07 Å². The van der Waals surface area contributed by atoms with Gasteiger partial charge in [0.05, 0.1) is 6.26 Å². The fourth-order valence-corrected chi connectivity index (χ4v) is 4.21. The molecular formula is C17H18N4O5. The van der Waals surface area contributed by atoms with Crippen molar-refractivity contribution in [1.29, 1.82) is 0 Å². The van der Waals surface area contributed by atoms with Crippen molar-refractivity contribution in [3.8, 4) is 0 Å². The summed E-state index contributed by atoms with van der Waals surface area (Å²) >= 11 is 0. The van der Waals surface area contributed by atoms with Crippen LogP contribution in [-0.4, -0.2) is 40.9 Å². The molecule has 0 spiro atoms. The first-order chi connectivity index (χ1) is 12.5. The molecule has 1 aliphatic heterocycles. The first-order valence-corrected chi connectivity index (χ1v) is 8.59. The number of barbiturate groups is 1. The number of carbonyl (C=O) groups excluding carboxylic acids is 4. The van der Waals surface area contributed by atoms with Crippen molar-refractivity contribution in [1.82, 2.24) is 15.6 Å². The molecule has 9 heteroatoms. The van der Waals surface area contributed by atoms with Crippen molar-refractivity contribution in [3.63, 3.8) is 0 Å². The van der Waals surface area contributed by atoms with Crippen LogP contribution in [0.3, 0.4) is 0 Å². The molecule has 136 valence electrons. The molecule has 4 rings (SSSR count). The average Bonchev–Trinajstić information content (AvgIpc) is 3.34. The minimum absolute atomic E-state index is 0.0559. The highest BCUT2D eigenvalue weighted by molar-refractivity contribution is 6.23. The number of hydrogen-bond acceptors (Lipinski definition) is 6. The van der Waals surface area contributed by atoms with Crippen molar-refractivity contribution in [3.05, 3.63) is 24.2 Å². The molecule has 0 aromatic carbocycles. The van der Waals surface area contributed by atoms with Crippen LogP contribution in [0.5, 0.6) is 0 Å². The van der Waals surface area contributed by atoms with Crippen LogP contribution in [0, 0.1) is 17.8 Å². The Balaban J connectivity index is 1.46. The van der Waals surface area contributed by atoms with Crippen molar-refractivity contribution < 1.29 is 23.6 Å². The lowest BCUT2D eigenvalue weighted by atomic mass is 9.92. The number of hydrazone groups is 1. The van der Waals surface area contributed by atoms with Crippen LogP contribution >= 0.6 is 0 Å². The van der Waals surface area contributed by atoms with Crippen LogP contribution in [0.4, 0.5) is 4.79 Å². The predicted molar refractivity (Wildman–Crippen MR) is 87.8 cm³/mol. The molecular weight excluding hydrogens is 340 g/mol. The maximum atomic E-state index is 12.7. The van der Waals surface area contributed by atoms with E-state index >= 15 is 0 Å². The lowest BCUT2D eigenvalue weighted by Gasteiger charge is -2.36. The third kappa shape index (κ3) is 2.79. The lowest BCUT2D eigenvalue weighted by Crippen LogP contribution is -2.62. The second-order valence-electron chi connectivity index (χ2n) is 6.92. The number of rotatable bonds is 4. The summed E-state index contributed by atoms with van der Waals surface area (Å²) in [5.74, 6) is -2.27. The lowest BCUT2D eigenvalue weighted by molar-refractivity contribution is -0.141. The highest BCUT2D eigenvalue weighted by Crippen LogP contribution is 2.47. The standard InChI is InChI=1S/C17H18N4O5/c22-14-11(8-18-20-15(23)13-2-1-5-26-13)16(24)21(17(25)19-14)12-7-9-3-4-10(12)6-9/h1-2,5,8-12H,3-4,6-7H2,(H,20,23)(H,19,22,25)/b18-8-/t9-,10-,11+,12+/m0/s1. The minimum atomic E-state index is -1.25. The van der Waals surface area contributed by atoms with Gasteiger partial charge in [0.25, 0.3) is 0 Å². The number of furan rings is 1. The molecule has 1 aromatic rings. The maximum Gasteiger partial charge on any atom is 0.331 e. The zero-order chi connectivity index (χ0) is 18.3. The number of imide groups is 2. The number of urea groups is 1. The minimum Gasteiger partial charge on any atom is -0.459 e. The van der Waals surface area contributed by atoms with Crippen LogP contribution < -0.4 is 10.7 Å². The summed E-state index contributed by atoms with van der Waals surface area (Å²) in [6, 6.07) is 2.18. The van der Waals surface area contributed by atoms with E-state index in [1.165, 1.54) is 17.2 Å². The zero-order valence-corrected chi connectivity index (χ0v) is 13.9. The van der Waals surface area contributed by atoms with E-state index in [0.29, 0.717) is 11.8 Å². The Kier molecular flexibility index (Phi) is 4.06. The molecule has 2 saturated carbocycles. The molecule has 1 aromatic heterocycles. The van der Waals surface area contributed by atoms with E-state index < -0.39 is 29.7 Å². The van der Waals surface area contributed by atoms with Gasteiger partial charge in [0.2, 0.25) is 11.8 Å². The maximum absolute atomic E-state index is 12.7. The Bertz CT molecular complexity index is 787. The normalized spacial score (nSPS) is 30.9. The van der Waals surface area contributed by atoms with Crippen molar-refractivity contribution in [2.45, 2.75) is 31.7 Å². The topological polar surface area (TPSA) is 121 Å². The molecule has 0 radical (unpaired) electrons. The molecule has 2 N–H and O–H groups in total. The molecule has 5 amide bonds. The van der Waals surface area contributed by atoms with Crippen molar-refractivity contribution in [2.75, 3.05) is 0 Å². The van der Waals surface area contributed by atoms with E-state index in [-0.39, 0.29) is 11.8 Å². The summed E-state index contributed by atoms with van der Waals surface area (Å²) in [6.07, 6.45) is 6.33. The Morgan fingerprint density at radius 3 is 2.81 bits per heavy atom. The van der Waals surface area contributed by atoms with Crippen molar-refractivity contribution >= 4 is 30.0 Å². The van der Waals surface area contributed by atoms with Crippen LogP contribution in [0.2, 0.25) is 0 Å². The molecule has 2 bridgehead atoms. The zero-order valence-electron chi connectivity index (χ0n) is 13.9. The molecule has 2 heterocycles. The number of nitrogens with one attached hydrogen (secondary N) is 2. The molecule has 26 heavy (non-hydrogen) atoms. The first kappa shape index (κ1) is 16.5.